The van der Waals surface area contributed by atoms with Gasteiger partial charge in [0.15, 0.2) is 5.96 Å². The minimum Gasteiger partial charge on any atom is -0.468 e. The zero-order chi connectivity index (χ0) is 15.9. The van der Waals surface area contributed by atoms with Crippen LogP contribution in [-0.4, -0.2) is 56.0 Å². The highest BCUT2D eigenvalue weighted by Gasteiger charge is 2.20. The number of furan rings is 1. The van der Waals surface area contributed by atoms with Gasteiger partial charge in [0, 0.05) is 19.6 Å². The van der Waals surface area contributed by atoms with Crippen LogP contribution in [0.25, 0.3) is 0 Å². The molecule has 1 aliphatic rings. The van der Waals surface area contributed by atoms with Crippen LogP contribution in [0.3, 0.4) is 0 Å². The van der Waals surface area contributed by atoms with Gasteiger partial charge in [-0.3, -0.25) is 9.89 Å². The van der Waals surface area contributed by atoms with E-state index in [1.807, 2.05) is 12.1 Å². The third kappa shape index (κ3) is 5.99. The fourth-order valence-corrected chi connectivity index (χ4v) is 2.81. The number of halogens is 1. The van der Waals surface area contributed by atoms with E-state index in [9.17, 15) is 0 Å². The Hall–Kier alpha value is -0.760. The minimum absolute atomic E-state index is 0. The van der Waals surface area contributed by atoms with Gasteiger partial charge in [-0.2, -0.15) is 0 Å². The van der Waals surface area contributed by atoms with Crippen LogP contribution in [0.1, 0.15) is 38.5 Å². The number of hydrogen-bond donors (Lipinski definition) is 1. The van der Waals surface area contributed by atoms with Gasteiger partial charge in [0.2, 0.25) is 0 Å². The molecule has 1 unspecified atom stereocenters. The van der Waals surface area contributed by atoms with Gasteiger partial charge in [-0.1, -0.05) is 6.92 Å². The molecule has 0 aliphatic carbocycles. The Morgan fingerprint density at radius 1 is 1.43 bits per heavy atom. The van der Waals surface area contributed by atoms with E-state index in [2.05, 4.69) is 43.1 Å². The zero-order valence-electron chi connectivity index (χ0n) is 14.8. The molecule has 0 bridgehead atoms. The molecule has 0 radical (unpaired) electrons. The van der Waals surface area contributed by atoms with Crippen LogP contribution in [0, 0.1) is 5.92 Å². The van der Waals surface area contributed by atoms with Crippen molar-refractivity contribution in [3.05, 3.63) is 24.2 Å². The first-order valence-corrected chi connectivity index (χ1v) is 8.35. The quantitative estimate of drug-likeness (QED) is 0.439. The van der Waals surface area contributed by atoms with Crippen LogP contribution in [0.15, 0.2) is 27.8 Å². The predicted octanol–water partition coefficient (Wildman–Crippen LogP) is 3.20. The van der Waals surface area contributed by atoms with Gasteiger partial charge in [-0.05, 0) is 51.9 Å². The maximum atomic E-state index is 5.56. The molecule has 1 fully saturated rings. The summed E-state index contributed by atoms with van der Waals surface area (Å²) in [5.74, 6) is 2.83. The molecule has 1 aromatic rings. The summed E-state index contributed by atoms with van der Waals surface area (Å²) in [6.45, 7) is 8.26. The number of guanidine groups is 1. The Kier molecular flexibility index (Phi) is 8.98. The van der Waals surface area contributed by atoms with Crippen molar-refractivity contribution in [3.63, 3.8) is 0 Å². The van der Waals surface area contributed by atoms with Crippen molar-refractivity contribution in [2.45, 2.75) is 32.7 Å². The normalized spacial score (nSPS) is 18.0. The van der Waals surface area contributed by atoms with Crippen molar-refractivity contribution in [2.24, 2.45) is 10.9 Å². The van der Waals surface area contributed by atoms with Gasteiger partial charge in [-0.25, -0.2) is 0 Å². The molecule has 132 valence electrons. The van der Waals surface area contributed by atoms with Gasteiger partial charge in [0.05, 0.1) is 18.8 Å². The summed E-state index contributed by atoms with van der Waals surface area (Å²) in [4.78, 5) is 9.41. The van der Waals surface area contributed by atoms with Crippen LogP contribution in [-0.2, 0) is 0 Å². The van der Waals surface area contributed by atoms with E-state index >= 15 is 0 Å². The van der Waals surface area contributed by atoms with Gasteiger partial charge in [0.1, 0.15) is 5.76 Å². The SMILES string of the molecule is CCNC(=NCC(c1ccco1)N(C)C)N1CCC(C)CC1.I. The van der Waals surface area contributed by atoms with Crippen molar-refractivity contribution < 1.29 is 4.42 Å². The topological polar surface area (TPSA) is 44.0 Å². The third-order valence-corrected chi connectivity index (χ3v) is 4.33. The van der Waals surface area contributed by atoms with E-state index < -0.39 is 0 Å². The molecule has 0 aromatic carbocycles. The van der Waals surface area contributed by atoms with E-state index in [1.165, 1.54) is 12.8 Å². The summed E-state index contributed by atoms with van der Waals surface area (Å²) in [5, 5.41) is 3.43. The highest BCUT2D eigenvalue weighted by atomic mass is 127. The third-order valence-electron chi connectivity index (χ3n) is 4.33. The Labute approximate surface area is 157 Å². The first-order chi connectivity index (χ1) is 10.6. The standard InChI is InChI=1S/C17H30N4O.HI/c1-5-18-17(21-10-8-14(2)9-11-21)19-13-15(20(3)4)16-7-6-12-22-16;/h6-7,12,14-15H,5,8-11,13H2,1-4H3,(H,18,19);1H. The molecule has 23 heavy (non-hydrogen) atoms. The molecule has 1 N–H and O–H groups in total. The van der Waals surface area contributed by atoms with Crippen molar-refractivity contribution in [1.29, 1.82) is 0 Å². The summed E-state index contributed by atoms with van der Waals surface area (Å²) in [6.07, 6.45) is 4.23. The molecular formula is C17H31IN4O. The summed E-state index contributed by atoms with van der Waals surface area (Å²) >= 11 is 0. The fourth-order valence-electron chi connectivity index (χ4n) is 2.81. The number of likely N-dealkylation sites (tertiary alicyclic amines) is 1. The summed E-state index contributed by atoms with van der Waals surface area (Å²) in [5.41, 5.74) is 0. The lowest BCUT2D eigenvalue weighted by Gasteiger charge is -2.33. The largest absolute Gasteiger partial charge is 0.468 e. The van der Waals surface area contributed by atoms with Crippen molar-refractivity contribution in [1.82, 2.24) is 15.1 Å². The van der Waals surface area contributed by atoms with E-state index in [0.717, 1.165) is 37.3 Å². The molecule has 2 rings (SSSR count). The average Bonchev–Trinajstić information content (AvgIpc) is 3.01. The smallest absolute Gasteiger partial charge is 0.193 e. The average molecular weight is 434 g/mol. The van der Waals surface area contributed by atoms with E-state index in [4.69, 9.17) is 9.41 Å². The fraction of sp³-hybridized carbons (Fsp3) is 0.706. The Morgan fingerprint density at radius 3 is 2.65 bits per heavy atom. The molecule has 1 saturated heterocycles. The lowest BCUT2D eigenvalue weighted by molar-refractivity contribution is 0.257. The Morgan fingerprint density at radius 2 is 2.13 bits per heavy atom. The van der Waals surface area contributed by atoms with Crippen LogP contribution >= 0.6 is 24.0 Å². The summed E-state index contributed by atoms with van der Waals surface area (Å²) in [7, 11) is 4.14. The van der Waals surface area contributed by atoms with E-state index in [1.54, 1.807) is 6.26 Å². The zero-order valence-corrected chi connectivity index (χ0v) is 17.1. The van der Waals surface area contributed by atoms with Crippen molar-refractivity contribution >= 4 is 29.9 Å². The molecule has 5 nitrogen and oxygen atoms in total. The number of hydrogen-bond acceptors (Lipinski definition) is 3. The van der Waals surface area contributed by atoms with Crippen molar-refractivity contribution in [2.75, 3.05) is 40.3 Å². The molecule has 1 aromatic heterocycles. The van der Waals surface area contributed by atoms with E-state index in [-0.39, 0.29) is 30.0 Å². The molecule has 0 spiro atoms. The maximum absolute atomic E-state index is 5.56. The molecule has 6 heteroatoms. The van der Waals surface area contributed by atoms with Crippen LogP contribution < -0.4 is 5.32 Å². The highest BCUT2D eigenvalue weighted by Crippen LogP contribution is 2.20. The van der Waals surface area contributed by atoms with Crippen LogP contribution in [0.2, 0.25) is 0 Å². The van der Waals surface area contributed by atoms with Gasteiger partial charge in [-0.15, -0.1) is 24.0 Å². The molecule has 0 amide bonds. The lowest BCUT2D eigenvalue weighted by atomic mass is 10.00. The second-order valence-corrected chi connectivity index (χ2v) is 6.36. The van der Waals surface area contributed by atoms with Crippen molar-refractivity contribution in [3.8, 4) is 0 Å². The second kappa shape index (κ2) is 10.2. The summed E-state index contributed by atoms with van der Waals surface area (Å²) < 4.78 is 5.56. The van der Waals surface area contributed by atoms with Crippen LogP contribution in [0.4, 0.5) is 0 Å². The first-order valence-electron chi connectivity index (χ1n) is 8.35. The monoisotopic (exact) mass is 434 g/mol. The molecule has 1 aliphatic heterocycles. The van der Waals surface area contributed by atoms with Gasteiger partial charge in [0.25, 0.3) is 0 Å². The lowest BCUT2D eigenvalue weighted by Crippen LogP contribution is -2.45. The number of nitrogens with zero attached hydrogens (tertiary/aromatic N) is 3. The Balaban J connectivity index is 0.00000264. The van der Waals surface area contributed by atoms with Crippen LogP contribution in [0.5, 0.6) is 0 Å². The van der Waals surface area contributed by atoms with Gasteiger partial charge < -0.3 is 14.6 Å². The number of nitrogens with one attached hydrogen (secondary N) is 1. The molecule has 1 atom stereocenters. The Bertz CT molecular complexity index is 453. The second-order valence-electron chi connectivity index (χ2n) is 6.36. The number of aliphatic imine (C=N–C) groups is 1. The first kappa shape index (κ1) is 20.3. The molecule has 0 saturated carbocycles. The molecule has 2 heterocycles. The predicted molar refractivity (Wildman–Crippen MR) is 107 cm³/mol. The number of likely N-dealkylation sites (N-methyl/N-ethyl adjacent to an activating group) is 1. The minimum atomic E-state index is 0. The van der Waals surface area contributed by atoms with E-state index in [0.29, 0.717) is 6.54 Å². The molecular weight excluding hydrogens is 403 g/mol. The number of rotatable bonds is 5. The number of piperidine rings is 1. The van der Waals surface area contributed by atoms with Gasteiger partial charge >= 0.3 is 0 Å². The highest BCUT2D eigenvalue weighted by molar-refractivity contribution is 14.0. The maximum Gasteiger partial charge on any atom is 0.193 e. The summed E-state index contributed by atoms with van der Waals surface area (Å²) in [6, 6.07) is 4.13.